The van der Waals surface area contributed by atoms with Gasteiger partial charge < -0.3 is 4.74 Å². The monoisotopic (exact) mass is 421 g/mol. The van der Waals surface area contributed by atoms with Crippen LogP contribution < -0.4 is 9.04 Å². The molecule has 0 saturated carbocycles. The number of hydrogen-bond acceptors (Lipinski definition) is 3. The van der Waals surface area contributed by atoms with E-state index >= 15 is 0 Å². The van der Waals surface area contributed by atoms with Crippen LogP contribution in [0.3, 0.4) is 0 Å². The van der Waals surface area contributed by atoms with Gasteiger partial charge in [0.25, 0.3) is 10.0 Å². The molecule has 3 aromatic carbocycles. The number of rotatable bonds is 6. The molecule has 0 heterocycles. The lowest BCUT2D eigenvalue weighted by molar-refractivity contribution is 0.415. The van der Waals surface area contributed by atoms with Crippen LogP contribution in [0.2, 0.25) is 10.0 Å². The fraction of sp³-hybridized carbons (Fsp3) is 0.100. The molecule has 0 aliphatic rings. The molecule has 0 spiro atoms. The molecule has 7 heteroatoms. The standard InChI is InChI=1S/C20H17Cl2NO3S/c1-26-17-7-5-6-16(13-17)23(14-15-10-11-19(21)20(22)12-15)27(24,25)18-8-3-2-4-9-18/h2-13H,14H2,1H3. The molecule has 0 bridgehead atoms. The second-order valence-corrected chi connectivity index (χ2v) is 8.45. The predicted octanol–water partition coefficient (Wildman–Crippen LogP) is 5.40. The Labute approximate surface area is 169 Å². The zero-order valence-electron chi connectivity index (χ0n) is 14.5. The Morgan fingerprint density at radius 2 is 1.63 bits per heavy atom. The summed E-state index contributed by atoms with van der Waals surface area (Å²) in [6.45, 7) is 0.0985. The first-order valence-corrected chi connectivity index (χ1v) is 10.3. The quantitative estimate of drug-likeness (QED) is 0.535. The number of nitrogens with zero attached hydrogens (tertiary/aromatic N) is 1. The highest BCUT2D eigenvalue weighted by Crippen LogP contribution is 2.30. The van der Waals surface area contributed by atoms with Gasteiger partial charge in [-0.1, -0.05) is 53.5 Å². The summed E-state index contributed by atoms with van der Waals surface area (Å²) in [5, 5.41) is 0.788. The molecular formula is C20H17Cl2NO3S. The van der Waals surface area contributed by atoms with Gasteiger partial charge in [0.15, 0.2) is 0 Å². The minimum atomic E-state index is -3.80. The van der Waals surface area contributed by atoms with E-state index in [0.29, 0.717) is 27.0 Å². The van der Waals surface area contributed by atoms with Crippen LogP contribution in [0.15, 0.2) is 77.7 Å². The molecule has 3 aromatic rings. The van der Waals surface area contributed by atoms with Crippen LogP contribution in [0.25, 0.3) is 0 Å². The molecule has 27 heavy (non-hydrogen) atoms. The third kappa shape index (κ3) is 4.38. The molecule has 0 aliphatic heterocycles. The van der Waals surface area contributed by atoms with Crippen molar-refractivity contribution in [2.45, 2.75) is 11.4 Å². The van der Waals surface area contributed by atoms with Crippen molar-refractivity contribution in [3.8, 4) is 5.75 Å². The Kier molecular flexibility index (Phi) is 5.95. The molecular weight excluding hydrogens is 405 g/mol. The molecule has 0 atom stereocenters. The molecule has 140 valence electrons. The van der Waals surface area contributed by atoms with Gasteiger partial charge in [-0.15, -0.1) is 0 Å². The van der Waals surface area contributed by atoms with Crippen LogP contribution in [-0.2, 0) is 16.6 Å². The highest BCUT2D eigenvalue weighted by atomic mass is 35.5. The third-order valence-corrected chi connectivity index (χ3v) is 6.51. The van der Waals surface area contributed by atoms with Crippen molar-refractivity contribution in [3.63, 3.8) is 0 Å². The van der Waals surface area contributed by atoms with Crippen LogP contribution >= 0.6 is 23.2 Å². The lowest BCUT2D eigenvalue weighted by Gasteiger charge is -2.25. The van der Waals surface area contributed by atoms with Gasteiger partial charge in [-0.25, -0.2) is 8.42 Å². The van der Waals surface area contributed by atoms with Gasteiger partial charge in [0.2, 0.25) is 0 Å². The second-order valence-electron chi connectivity index (χ2n) is 5.77. The molecule has 0 N–H and O–H groups in total. The van der Waals surface area contributed by atoms with Gasteiger partial charge in [-0.05, 0) is 42.0 Å². The summed E-state index contributed by atoms with van der Waals surface area (Å²) in [6.07, 6.45) is 0. The second kappa shape index (κ2) is 8.21. The minimum absolute atomic E-state index is 0.0985. The van der Waals surface area contributed by atoms with E-state index in [4.69, 9.17) is 27.9 Å². The first-order valence-electron chi connectivity index (χ1n) is 8.07. The SMILES string of the molecule is COc1cccc(N(Cc2ccc(Cl)c(Cl)c2)S(=O)(=O)c2ccccc2)c1. The zero-order chi connectivity index (χ0) is 19.4. The average molecular weight is 422 g/mol. The first kappa shape index (κ1) is 19.5. The number of halogens is 2. The Hall–Kier alpha value is -2.21. The van der Waals surface area contributed by atoms with E-state index in [1.165, 1.54) is 11.4 Å². The van der Waals surface area contributed by atoms with Crippen LogP contribution in [-0.4, -0.2) is 15.5 Å². The maximum atomic E-state index is 13.3. The van der Waals surface area contributed by atoms with Crippen molar-refractivity contribution in [1.29, 1.82) is 0 Å². The van der Waals surface area contributed by atoms with Gasteiger partial charge in [-0.3, -0.25) is 4.31 Å². The topological polar surface area (TPSA) is 46.6 Å². The summed E-state index contributed by atoms with van der Waals surface area (Å²) in [5.74, 6) is 0.565. The largest absolute Gasteiger partial charge is 0.497 e. The molecule has 0 fully saturated rings. The van der Waals surface area contributed by atoms with Crippen LogP contribution in [0.4, 0.5) is 5.69 Å². The fourth-order valence-electron chi connectivity index (χ4n) is 2.60. The van der Waals surface area contributed by atoms with Crippen molar-refractivity contribution in [1.82, 2.24) is 0 Å². The van der Waals surface area contributed by atoms with Crippen LogP contribution in [0, 0.1) is 0 Å². The zero-order valence-corrected chi connectivity index (χ0v) is 16.8. The van der Waals surface area contributed by atoms with Crippen LogP contribution in [0.1, 0.15) is 5.56 Å². The van der Waals surface area contributed by atoms with E-state index in [1.54, 1.807) is 72.8 Å². The Balaban J connectivity index is 2.09. The highest BCUT2D eigenvalue weighted by Gasteiger charge is 2.25. The van der Waals surface area contributed by atoms with E-state index in [9.17, 15) is 8.42 Å². The van der Waals surface area contributed by atoms with Gasteiger partial charge in [0, 0.05) is 6.07 Å². The van der Waals surface area contributed by atoms with Crippen molar-refractivity contribution in [2.75, 3.05) is 11.4 Å². The highest BCUT2D eigenvalue weighted by molar-refractivity contribution is 7.92. The number of methoxy groups -OCH3 is 1. The minimum Gasteiger partial charge on any atom is -0.497 e. The van der Waals surface area contributed by atoms with Crippen LogP contribution in [0.5, 0.6) is 5.75 Å². The van der Waals surface area contributed by atoms with E-state index in [-0.39, 0.29) is 11.4 Å². The molecule has 4 nitrogen and oxygen atoms in total. The van der Waals surface area contributed by atoms with E-state index < -0.39 is 10.0 Å². The Morgan fingerprint density at radius 1 is 0.889 bits per heavy atom. The lowest BCUT2D eigenvalue weighted by atomic mass is 10.2. The normalized spacial score (nSPS) is 11.2. The van der Waals surface area contributed by atoms with Gasteiger partial charge in [0.1, 0.15) is 5.75 Å². The van der Waals surface area contributed by atoms with Crippen molar-refractivity contribution >= 4 is 38.9 Å². The summed E-state index contributed by atoms with van der Waals surface area (Å²) in [5.41, 5.74) is 1.20. The number of sulfonamides is 1. The summed E-state index contributed by atoms with van der Waals surface area (Å²) < 4.78 is 33.2. The summed E-state index contributed by atoms with van der Waals surface area (Å²) in [6, 6.07) is 20.3. The van der Waals surface area contributed by atoms with Gasteiger partial charge in [0.05, 0.1) is 34.3 Å². The molecule has 0 aliphatic carbocycles. The molecule has 0 radical (unpaired) electrons. The first-order chi connectivity index (χ1) is 12.9. The number of ether oxygens (including phenoxy) is 1. The maximum absolute atomic E-state index is 13.3. The van der Waals surface area contributed by atoms with E-state index in [1.807, 2.05) is 0 Å². The smallest absolute Gasteiger partial charge is 0.264 e. The molecule has 0 saturated heterocycles. The lowest BCUT2D eigenvalue weighted by Crippen LogP contribution is -2.30. The van der Waals surface area contributed by atoms with Crippen molar-refractivity contribution in [2.24, 2.45) is 0 Å². The summed E-state index contributed by atoms with van der Waals surface area (Å²) >= 11 is 12.1. The predicted molar refractivity (Wildman–Crippen MR) is 109 cm³/mol. The number of hydrogen-bond donors (Lipinski definition) is 0. The maximum Gasteiger partial charge on any atom is 0.264 e. The fourth-order valence-corrected chi connectivity index (χ4v) is 4.39. The van der Waals surface area contributed by atoms with Crippen molar-refractivity contribution < 1.29 is 13.2 Å². The van der Waals surface area contributed by atoms with E-state index in [2.05, 4.69) is 0 Å². The number of anilines is 1. The van der Waals surface area contributed by atoms with Gasteiger partial charge in [-0.2, -0.15) is 0 Å². The van der Waals surface area contributed by atoms with E-state index in [0.717, 1.165) is 0 Å². The molecule has 3 rings (SSSR count). The third-order valence-electron chi connectivity index (χ3n) is 3.98. The molecule has 0 unspecified atom stereocenters. The number of benzene rings is 3. The van der Waals surface area contributed by atoms with Crippen molar-refractivity contribution in [3.05, 3.63) is 88.4 Å². The molecule has 0 amide bonds. The summed E-state index contributed by atoms with van der Waals surface area (Å²) in [7, 11) is -2.26. The summed E-state index contributed by atoms with van der Waals surface area (Å²) in [4.78, 5) is 0.202. The van der Waals surface area contributed by atoms with Gasteiger partial charge >= 0.3 is 0 Å². The molecule has 0 aromatic heterocycles. The Bertz CT molecular complexity index is 1040. The average Bonchev–Trinajstić information content (AvgIpc) is 2.69. The Morgan fingerprint density at radius 3 is 2.30 bits per heavy atom.